The van der Waals surface area contributed by atoms with Crippen molar-refractivity contribution in [1.82, 2.24) is 10.6 Å². The van der Waals surface area contributed by atoms with Crippen molar-refractivity contribution in [3.8, 4) is 0 Å². The van der Waals surface area contributed by atoms with E-state index >= 15 is 0 Å². The van der Waals surface area contributed by atoms with Crippen LogP contribution >= 0.6 is 0 Å². The van der Waals surface area contributed by atoms with Crippen LogP contribution in [0, 0.1) is 5.82 Å². The number of halogens is 1. The molecule has 0 aliphatic carbocycles. The average molecular weight is 330 g/mol. The third-order valence-corrected chi connectivity index (χ3v) is 3.72. The first kappa shape index (κ1) is 17.9. The second-order valence-corrected chi connectivity index (χ2v) is 5.80. The van der Waals surface area contributed by atoms with Crippen LogP contribution in [0.3, 0.4) is 0 Å². The molecule has 24 heavy (non-hydrogen) atoms. The van der Waals surface area contributed by atoms with Gasteiger partial charge in [0.1, 0.15) is 5.82 Å². The summed E-state index contributed by atoms with van der Waals surface area (Å²) >= 11 is 0. The molecular weight excluding hydrogens is 307 g/mol. The van der Waals surface area contributed by atoms with Crippen LogP contribution < -0.4 is 10.6 Å². The van der Waals surface area contributed by atoms with Crippen molar-refractivity contribution in [3.63, 3.8) is 0 Å². The van der Waals surface area contributed by atoms with Crippen LogP contribution in [-0.4, -0.2) is 23.8 Å². The van der Waals surface area contributed by atoms with Crippen LogP contribution in [0.25, 0.3) is 0 Å². The van der Waals surface area contributed by atoms with Gasteiger partial charge in [-0.05, 0) is 31.4 Å². The highest BCUT2D eigenvalue weighted by molar-refractivity contribution is 5.74. The number of rotatable bonds is 7. The molecule has 3 N–H and O–H groups in total. The lowest BCUT2D eigenvalue weighted by Crippen LogP contribution is -2.40. The van der Waals surface area contributed by atoms with Crippen LogP contribution in [-0.2, 0) is 6.42 Å². The number of amides is 2. The molecule has 0 spiro atoms. The summed E-state index contributed by atoms with van der Waals surface area (Å²) in [4.78, 5) is 12.1. The maximum Gasteiger partial charge on any atom is 0.315 e. The summed E-state index contributed by atoms with van der Waals surface area (Å²) < 4.78 is 14.1. The highest BCUT2D eigenvalue weighted by Gasteiger charge is 2.18. The molecule has 0 bridgehead atoms. The van der Waals surface area contributed by atoms with Crippen molar-refractivity contribution in [2.45, 2.75) is 31.9 Å². The van der Waals surface area contributed by atoms with E-state index in [-0.39, 0.29) is 11.8 Å². The molecule has 5 heteroatoms. The van der Waals surface area contributed by atoms with Crippen LogP contribution in [0.4, 0.5) is 9.18 Å². The number of aliphatic hydroxyl groups is 1. The van der Waals surface area contributed by atoms with E-state index in [0.717, 1.165) is 5.56 Å². The third kappa shape index (κ3) is 5.66. The molecule has 2 atom stereocenters. The number of benzene rings is 2. The molecule has 0 heterocycles. The van der Waals surface area contributed by atoms with Crippen molar-refractivity contribution >= 4 is 6.03 Å². The van der Waals surface area contributed by atoms with E-state index in [4.69, 9.17) is 0 Å². The molecule has 0 fully saturated rings. The Labute approximate surface area is 141 Å². The topological polar surface area (TPSA) is 61.4 Å². The van der Waals surface area contributed by atoms with E-state index in [1.165, 1.54) is 6.07 Å². The van der Waals surface area contributed by atoms with Crippen LogP contribution in [0.2, 0.25) is 0 Å². The van der Waals surface area contributed by atoms with E-state index in [1.54, 1.807) is 25.1 Å². The normalized spacial score (nSPS) is 13.1. The van der Waals surface area contributed by atoms with Gasteiger partial charge < -0.3 is 15.7 Å². The van der Waals surface area contributed by atoms with Gasteiger partial charge in [-0.15, -0.1) is 0 Å². The average Bonchev–Trinajstić information content (AvgIpc) is 2.55. The van der Waals surface area contributed by atoms with E-state index < -0.39 is 12.1 Å². The van der Waals surface area contributed by atoms with Crippen LogP contribution in [0.5, 0.6) is 0 Å². The monoisotopic (exact) mass is 330 g/mol. The summed E-state index contributed by atoms with van der Waals surface area (Å²) in [5.41, 5.74) is 1.46. The molecule has 4 nitrogen and oxygen atoms in total. The zero-order valence-electron chi connectivity index (χ0n) is 13.7. The summed E-state index contributed by atoms with van der Waals surface area (Å²) in [5, 5.41) is 14.7. The van der Waals surface area contributed by atoms with Crippen molar-refractivity contribution in [3.05, 3.63) is 71.5 Å². The number of carbonyl (C=O) groups is 1. The number of carbonyl (C=O) groups excluding carboxylic acids is 1. The minimum Gasteiger partial charge on any atom is -0.393 e. The molecular formula is C19H23FN2O2. The van der Waals surface area contributed by atoms with Gasteiger partial charge in [-0.1, -0.05) is 48.5 Å². The maximum absolute atomic E-state index is 14.1. The first-order valence-electron chi connectivity index (χ1n) is 8.07. The van der Waals surface area contributed by atoms with Crippen molar-refractivity contribution in [1.29, 1.82) is 0 Å². The number of nitrogens with one attached hydrogen (secondary N) is 2. The third-order valence-electron chi connectivity index (χ3n) is 3.72. The summed E-state index contributed by atoms with van der Waals surface area (Å²) in [6.07, 6.45) is 0.485. The van der Waals surface area contributed by atoms with Gasteiger partial charge in [-0.25, -0.2) is 9.18 Å². The molecule has 0 saturated carbocycles. The molecule has 0 radical (unpaired) electrons. The van der Waals surface area contributed by atoms with Gasteiger partial charge in [0.25, 0.3) is 0 Å². The summed E-state index contributed by atoms with van der Waals surface area (Å²) in [7, 11) is 0. The summed E-state index contributed by atoms with van der Waals surface area (Å²) in [5.74, 6) is -0.345. The smallest absolute Gasteiger partial charge is 0.315 e. The maximum atomic E-state index is 14.1. The summed E-state index contributed by atoms with van der Waals surface area (Å²) in [6.45, 7) is 2.02. The second-order valence-electron chi connectivity index (χ2n) is 5.80. The van der Waals surface area contributed by atoms with Crippen molar-refractivity contribution in [2.24, 2.45) is 0 Å². The zero-order chi connectivity index (χ0) is 17.4. The van der Waals surface area contributed by atoms with Gasteiger partial charge in [-0.3, -0.25) is 0 Å². The fourth-order valence-electron chi connectivity index (χ4n) is 2.45. The van der Waals surface area contributed by atoms with Gasteiger partial charge in [0.05, 0.1) is 12.1 Å². The molecule has 2 aromatic carbocycles. The van der Waals surface area contributed by atoms with Gasteiger partial charge in [-0.2, -0.15) is 0 Å². The first-order chi connectivity index (χ1) is 11.6. The Balaban J connectivity index is 2.08. The van der Waals surface area contributed by atoms with E-state index in [1.807, 2.05) is 30.3 Å². The minimum atomic E-state index is -0.475. The molecule has 0 aliphatic rings. The lowest BCUT2D eigenvalue weighted by molar-refractivity contribution is 0.183. The second kappa shape index (κ2) is 9.03. The Morgan fingerprint density at radius 3 is 2.46 bits per heavy atom. The Morgan fingerprint density at radius 1 is 1.12 bits per heavy atom. The highest BCUT2D eigenvalue weighted by Crippen LogP contribution is 2.21. The molecule has 2 rings (SSSR count). The molecule has 2 amide bonds. The first-order valence-corrected chi connectivity index (χ1v) is 8.07. The number of aliphatic hydroxyl groups excluding tert-OH is 1. The predicted molar refractivity (Wildman–Crippen MR) is 92.1 cm³/mol. The molecule has 0 aliphatic heterocycles. The van der Waals surface area contributed by atoms with Crippen molar-refractivity contribution in [2.75, 3.05) is 6.54 Å². The van der Waals surface area contributed by atoms with E-state index in [9.17, 15) is 14.3 Å². The fourth-order valence-corrected chi connectivity index (χ4v) is 2.45. The molecule has 2 unspecified atom stereocenters. The van der Waals surface area contributed by atoms with Crippen LogP contribution in [0.15, 0.2) is 54.6 Å². The quantitative estimate of drug-likeness (QED) is 0.730. The SMILES string of the molecule is CC(O)CCNC(=O)NC(Cc1ccccc1)c1ccccc1F. The predicted octanol–water partition coefficient (Wildman–Crippen LogP) is 3.18. The van der Waals surface area contributed by atoms with Crippen molar-refractivity contribution < 1.29 is 14.3 Å². The fraction of sp³-hybridized carbons (Fsp3) is 0.316. The summed E-state index contributed by atoms with van der Waals surface area (Å²) in [6, 6.07) is 15.2. The Morgan fingerprint density at radius 2 is 1.79 bits per heavy atom. The zero-order valence-corrected chi connectivity index (χ0v) is 13.7. The van der Waals surface area contributed by atoms with Gasteiger partial charge in [0.2, 0.25) is 0 Å². The molecule has 128 valence electrons. The largest absolute Gasteiger partial charge is 0.393 e. The Kier molecular flexibility index (Phi) is 6.75. The lowest BCUT2D eigenvalue weighted by atomic mass is 9.98. The molecule has 0 saturated heterocycles. The lowest BCUT2D eigenvalue weighted by Gasteiger charge is -2.20. The molecule has 0 aromatic heterocycles. The number of hydrogen-bond acceptors (Lipinski definition) is 2. The Hall–Kier alpha value is -2.40. The minimum absolute atomic E-state index is 0.345. The van der Waals surface area contributed by atoms with Gasteiger partial charge in [0.15, 0.2) is 0 Å². The van der Waals surface area contributed by atoms with E-state index in [0.29, 0.717) is 24.9 Å². The standard InChI is InChI=1S/C19H23FN2O2/c1-14(23)11-12-21-19(24)22-18(13-15-7-3-2-4-8-15)16-9-5-6-10-17(16)20/h2-10,14,18,23H,11-13H2,1H3,(H2,21,22,24). The van der Waals surface area contributed by atoms with Gasteiger partial charge >= 0.3 is 6.03 Å². The van der Waals surface area contributed by atoms with Crippen LogP contribution in [0.1, 0.15) is 30.5 Å². The van der Waals surface area contributed by atoms with E-state index in [2.05, 4.69) is 10.6 Å². The molecule has 2 aromatic rings. The number of urea groups is 1. The number of hydrogen-bond donors (Lipinski definition) is 3. The highest BCUT2D eigenvalue weighted by atomic mass is 19.1. The van der Waals surface area contributed by atoms with Gasteiger partial charge in [0, 0.05) is 12.1 Å². The Bertz CT molecular complexity index is 647.